The van der Waals surface area contributed by atoms with E-state index in [9.17, 15) is 14.4 Å². The van der Waals surface area contributed by atoms with Gasteiger partial charge in [0.15, 0.2) is 5.00 Å². The van der Waals surface area contributed by atoms with Crippen LogP contribution >= 0.6 is 11.5 Å². The third-order valence-electron chi connectivity index (χ3n) is 3.96. The second kappa shape index (κ2) is 7.48. The zero-order valence-electron chi connectivity index (χ0n) is 14.1. The second-order valence-electron chi connectivity index (χ2n) is 5.54. The minimum atomic E-state index is -0.686. The molecule has 2 amide bonds. The van der Waals surface area contributed by atoms with Crippen LogP contribution in [0.1, 0.15) is 16.9 Å². The Labute approximate surface area is 153 Å². The lowest BCUT2D eigenvalue weighted by Crippen LogP contribution is -2.28. The molecule has 1 aromatic carbocycles. The van der Waals surface area contributed by atoms with E-state index in [4.69, 9.17) is 4.74 Å². The molecule has 1 aliphatic rings. The normalized spacial score (nSPS) is 16.5. The molecule has 2 aromatic rings. The second-order valence-corrected chi connectivity index (χ2v) is 6.29. The number of hydrogen-bond acceptors (Lipinski definition) is 8. The zero-order chi connectivity index (χ0) is 18.7. The molecule has 1 atom stereocenters. The minimum absolute atomic E-state index is 0.0557. The van der Waals surface area contributed by atoms with E-state index in [0.29, 0.717) is 11.4 Å². The van der Waals surface area contributed by atoms with Crippen LogP contribution in [0.2, 0.25) is 0 Å². The van der Waals surface area contributed by atoms with Crippen LogP contribution in [0.4, 0.5) is 10.7 Å². The molecular weight excluding hydrogens is 360 g/mol. The molecule has 1 fully saturated rings. The molecule has 1 aliphatic heterocycles. The summed E-state index contributed by atoms with van der Waals surface area (Å²) in [5.74, 6) is -1.15. The Balaban J connectivity index is 1.71. The highest BCUT2D eigenvalue weighted by Crippen LogP contribution is 2.29. The van der Waals surface area contributed by atoms with Gasteiger partial charge in [-0.2, -0.15) is 0 Å². The molecule has 136 valence electrons. The van der Waals surface area contributed by atoms with Gasteiger partial charge in [0.1, 0.15) is 5.75 Å². The molecule has 1 N–H and O–H groups in total. The highest BCUT2D eigenvalue weighted by molar-refractivity contribution is 7.10. The molecule has 0 spiro atoms. The van der Waals surface area contributed by atoms with Crippen LogP contribution in [-0.4, -0.2) is 48.1 Å². The number of hydrogen-bond donors (Lipinski definition) is 1. The maximum atomic E-state index is 12.5. The van der Waals surface area contributed by atoms with Crippen molar-refractivity contribution in [2.45, 2.75) is 6.42 Å². The minimum Gasteiger partial charge on any atom is -0.497 e. The fourth-order valence-electron chi connectivity index (χ4n) is 2.63. The maximum absolute atomic E-state index is 12.5. The Bertz CT molecular complexity index is 853. The molecule has 0 aliphatic carbocycles. The summed E-state index contributed by atoms with van der Waals surface area (Å²) >= 11 is 0.874. The number of nitrogens with zero attached hydrogens (tertiary/aromatic N) is 3. The van der Waals surface area contributed by atoms with Gasteiger partial charge in [-0.3, -0.25) is 9.59 Å². The van der Waals surface area contributed by atoms with E-state index >= 15 is 0 Å². The van der Waals surface area contributed by atoms with Crippen LogP contribution < -0.4 is 15.0 Å². The van der Waals surface area contributed by atoms with E-state index in [1.165, 1.54) is 7.11 Å². The van der Waals surface area contributed by atoms with Gasteiger partial charge in [-0.1, -0.05) is 10.6 Å². The van der Waals surface area contributed by atoms with Gasteiger partial charge in [-0.05, 0) is 12.1 Å². The van der Waals surface area contributed by atoms with Crippen molar-refractivity contribution in [2.75, 3.05) is 31.0 Å². The number of carbonyl (C=O) groups excluding carboxylic acids is 3. The topological polar surface area (TPSA) is 111 Å². The average molecular weight is 376 g/mol. The lowest BCUT2D eigenvalue weighted by molar-refractivity contribution is -0.122. The van der Waals surface area contributed by atoms with Crippen molar-refractivity contribution >= 4 is 40.0 Å². The van der Waals surface area contributed by atoms with E-state index in [0.717, 1.165) is 11.5 Å². The van der Waals surface area contributed by atoms with E-state index < -0.39 is 11.9 Å². The first kappa shape index (κ1) is 17.8. The number of nitrogens with one attached hydrogen (secondary N) is 1. The summed E-state index contributed by atoms with van der Waals surface area (Å²) in [4.78, 5) is 38.0. The van der Waals surface area contributed by atoms with Crippen molar-refractivity contribution in [3.05, 3.63) is 30.0 Å². The monoisotopic (exact) mass is 376 g/mol. The van der Waals surface area contributed by atoms with Crippen molar-refractivity contribution in [2.24, 2.45) is 5.92 Å². The van der Waals surface area contributed by atoms with Gasteiger partial charge in [0.2, 0.25) is 17.5 Å². The zero-order valence-corrected chi connectivity index (χ0v) is 14.9. The van der Waals surface area contributed by atoms with E-state index in [2.05, 4.69) is 19.6 Å². The molecule has 26 heavy (non-hydrogen) atoms. The van der Waals surface area contributed by atoms with Crippen molar-refractivity contribution in [3.63, 3.8) is 0 Å². The highest BCUT2D eigenvalue weighted by Gasteiger charge is 2.36. The van der Waals surface area contributed by atoms with E-state index in [1.54, 1.807) is 36.3 Å². The standard InChI is InChI=1S/C16H16N4O5S/c1-24-11-5-3-4-10(7-11)20-8-9(6-12(20)21)14(22)17-15-13(16(23)25-2)18-19-26-15/h3-5,7,9H,6,8H2,1-2H3,(H,17,22)/t9-/m1/s1. The molecule has 1 aromatic heterocycles. The van der Waals surface area contributed by atoms with Crippen LogP contribution in [0.5, 0.6) is 5.75 Å². The quantitative estimate of drug-likeness (QED) is 0.784. The van der Waals surface area contributed by atoms with Crippen LogP contribution in [-0.2, 0) is 14.3 Å². The molecular formula is C16H16N4O5S. The molecule has 10 heteroatoms. The SMILES string of the molecule is COC(=O)c1nnsc1NC(=O)[C@@H]1CC(=O)N(c2cccc(OC)c2)C1. The number of ether oxygens (including phenoxy) is 2. The number of methoxy groups -OCH3 is 2. The molecule has 2 heterocycles. The first-order valence-electron chi connectivity index (χ1n) is 7.69. The fourth-order valence-corrected chi connectivity index (χ4v) is 3.19. The van der Waals surface area contributed by atoms with Crippen LogP contribution in [0, 0.1) is 5.92 Å². The predicted octanol–water partition coefficient (Wildman–Crippen LogP) is 1.32. The smallest absolute Gasteiger partial charge is 0.361 e. The highest BCUT2D eigenvalue weighted by atomic mass is 32.1. The molecule has 9 nitrogen and oxygen atoms in total. The molecule has 0 unspecified atom stereocenters. The summed E-state index contributed by atoms with van der Waals surface area (Å²) in [6, 6.07) is 7.07. The summed E-state index contributed by atoms with van der Waals surface area (Å²) in [7, 11) is 2.76. The Morgan fingerprint density at radius 2 is 2.15 bits per heavy atom. The molecule has 0 bridgehead atoms. The Morgan fingerprint density at radius 1 is 1.35 bits per heavy atom. The predicted molar refractivity (Wildman–Crippen MR) is 93.3 cm³/mol. The Hall–Kier alpha value is -3.01. The third kappa shape index (κ3) is 3.49. The van der Waals surface area contributed by atoms with Crippen LogP contribution in [0.25, 0.3) is 0 Å². The number of anilines is 2. The molecule has 1 saturated heterocycles. The Kier molecular flexibility index (Phi) is 5.12. The first-order chi connectivity index (χ1) is 12.5. The van der Waals surface area contributed by atoms with Gasteiger partial charge in [0.05, 0.1) is 20.1 Å². The number of aromatic nitrogens is 2. The lowest BCUT2D eigenvalue weighted by atomic mass is 10.1. The van der Waals surface area contributed by atoms with Gasteiger partial charge < -0.3 is 19.7 Å². The van der Waals surface area contributed by atoms with Crippen molar-refractivity contribution in [1.29, 1.82) is 0 Å². The summed E-state index contributed by atoms with van der Waals surface area (Å²) in [5, 5.41) is 6.47. The molecule has 0 radical (unpaired) electrons. The van der Waals surface area contributed by atoms with Crippen LogP contribution in [0.15, 0.2) is 24.3 Å². The van der Waals surface area contributed by atoms with E-state index in [1.807, 2.05) is 0 Å². The van der Waals surface area contributed by atoms with Crippen LogP contribution in [0.3, 0.4) is 0 Å². The van der Waals surface area contributed by atoms with Crippen molar-refractivity contribution in [1.82, 2.24) is 9.59 Å². The summed E-state index contributed by atoms with van der Waals surface area (Å²) in [6.07, 6.45) is 0.0723. The number of amides is 2. The van der Waals surface area contributed by atoms with Gasteiger partial charge in [0.25, 0.3) is 0 Å². The van der Waals surface area contributed by atoms with Gasteiger partial charge in [-0.25, -0.2) is 4.79 Å². The largest absolute Gasteiger partial charge is 0.497 e. The fraction of sp³-hybridized carbons (Fsp3) is 0.312. The van der Waals surface area contributed by atoms with E-state index in [-0.39, 0.29) is 35.5 Å². The summed E-state index contributed by atoms with van der Waals surface area (Å²) in [6.45, 7) is 0.234. The molecule has 3 rings (SSSR count). The summed E-state index contributed by atoms with van der Waals surface area (Å²) in [5.41, 5.74) is 0.610. The number of carbonyl (C=O) groups is 3. The number of benzene rings is 1. The summed E-state index contributed by atoms with van der Waals surface area (Å²) < 4.78 is 13.4. The van der Waals surface area contributed by atoms with Crippen molar-refractivity contribution in [3.8, 4) is 5.75 Å². The first-order valence-corrected chi connectivity index (χ1v) is 8.46. The Morgan fingerprint density at radius 3 is 2.88 bits per heavy atom. The third-order valence-corrected chi connectivity index (χ3v) is 4.61. The average Bonchev–Trinajstić information content (AvgIpc) is 3.27. The van der Waals surface area contributed by atoms with Gasteiger partial charge in [-0.15, -0.1) is 5.10 Å². The number of rotatable bonds is 5. The molecule has 0 saturated carbocycles. The van der Waals surface area contributed by atoms with Crippen molar-refractivity contribution < 1.29 is 23.9 Å². The van der Waals surface area contributed by atoms with Gasteiger partial charge in [0, 0.05) is 36.3 Å². The lowest BCUT2D eigenvalue weighted by Gasteiger charge is -2.17. The maximum Gasteiger partial charge on any atom is 0.361 e. The number of esters is 1. The van der Waals surface area contributed by atoms with Gasteiger partial charge >= 0.3 is 5.97 Å².